The van der Waals surface area contributed by atoms with E-state index in [0.29, 0.717) is 5.56 Å². The molecule has 0 saturated heterocycles. The molecule has 0 unspecified atom stereocenters. The Morgan fingerprint density at radius 1 is 1.55 bits per heavy atom. The van der Waals surface area contributed by atoms with E-state index in [0.717, 1.165) is 0 Å². The minimum atomic E-state index is -0.475. The second-order valence-corrected chi connectivity index (χ2v) is 2.49. The fourth-order valence-electron chi connectivity index (χ4n) is 0.676. The Bertz CT molecular complexity index is 298. The summed E-state index contributed by atoms with van der Waals surface area (Å²) >= 11 is 5.46. The van der Waals surface area contributed by atoms with Gasteiger partial charge >= 0.3 is 0 Å². The van der Waals surface area contributed by atoms with E-state index in [2.05, 4.69) is 0 Å². The van der Waals surface area contributed by atoms with Crippen LogP contribution in [0.2, 0.25) is 5.02 Å². The lowest BCUT2D eigenvalue weighted by Gasteiger charge is -1.94. The van der Waals surface area contributed by atoms with E-state index in [1.54, 1.807) is 0 Å². The molecule has 0 saturated carbocycles. The molecule has 0 bridgehead atoms. The summed E-state index contributed by atoms with van der Waals surface area (Å²) in [6.45, 7) is 0. The highest BCUT2D eigenvalue weighted by Gasteiger charge is 2.04. The summed E-state index contributed by atoms with van der Waals surface area (Å²) in [5.74, 6) is -0.344. The predicted molar refractivity (Wildman–Crippen MR) is 41.6 cm³/mol. The third-order valence-electron chi connectivity index (χ3n) is 1.25. The highest BCUT2D eigenvalue weighted by atomic mass is 35.5. The Morgan fingerprint density at radius 2 is 2.18 bits per heavy atom. The van der Waals surface area contributed by atoms with Gasteiger partial charge in [0.1, 0.15) is 5.82 Å². The van der Waals surface area contributed by atoms with Gasteiger partial charge in [0.15, 0.2) is 0 Å². The van der Waals surface area contributed by atoms with Crippen LogP contribution >= 0.6 is 11.6 Å². The summed E-state index contributed by atoms with van der Waals surface area (Å²) in [5, 5.41) is 5.27. The van der Waals surface area contributed by atoms with E-state index in [-0.39, 0.29) is 10.9 Å². The van der Waals surface area contributed by atoms with Gasteiger partial charge in [-0.25, -0.2) is 4.39 Å². The quantitative estimate of drug-likeness (QED) is 0.454. The Balaban J connectivity index is 3.15. The van der Waals surface area contributed by atoms with Gasteiger partial charge in [0, 0.05) is 0 Å². The molecular formula is C7H7ClFN2+. The zero-order valence-corrected chi connectivity index (χ0v) is 6.40. The van der Waals surface area contributed by atoms with Gasteiger partial charge in [-0.05, 0) is 18.2 Å². The lowest BCUT2D eigenvalue weighted by atomic mass is 10.2. The first-order chi connectivity index (χ1) is 5.11. The minimum Gasteiger partial charge on any atom is -0.287 e. The predicted octanol–water partition coefficient (Wildman–Crippen LogP) is -0.0565. The maximum Gasteiger partial charge on any atom is 0.270 e. The Labute approximate surface area is 68.3 Å². The molecular weight excluding hydrogens is 167 g/mol. The van der Waals surface area contributed by atoms with Crippen molar-refractivity contribution in [3.05, 3.63) is 34.6 Å². The van der Waals surface area contributed by atoms with E-state index in [4.69, 9.17) is 22.7 Å². The molecule has 0 aromatic heterocycles. The second kappa shape index (κ2) is 2.88. The molecule has 0 heterocycles. The van der Waals surface area contributed by atoms with Gasteiger partial charge in [-0.3, -0.25) is 11.1 Å². The summed E-state index contributed by atoms with van der Waals surface area (Å²) in [6, 6.07) is 4.07. The third-order valence-corrected chi connectivity index (χ3v) is 1.54. The van der Waals surface area contributed by atoms with Gasteiger partial charge in [-0.15, -0.1) is 0 Å². The van der Waals surface area contributed by atoms with E-state index in [9.17, 15) is 4.39 Å². The first kappa shape index (κ1) is 8.01. The molecule has 0 spiro atoms. The fourth-order valence-corrected chi connectivity index (χ4v) is 0.856. The molecule has 11 heavy (non-hydrogen) atoms. The summed E-state index contributed by atoms with van der Waals surface area (Å²) in [7, 11) is 0. The van der Waals surface area contributed by atoms with Gasteiger partial charge < -0.3 is 0 Å². The summed E-state index contributed by atoms with van der Waals surface area (Å²) in [6.07, 6.45) is 0. The average molecular weight is 174 g/mol. The van der Waals surface area contributed by atoms with Gasteiger partial charge in [0.25, 0.3) is 5.84 Å². The smallest absolute Gasteiger partial charge is 0.270 e. The van der Waals surface area contributed by atoms with Crippen LogP contribution in [0, 0.1) is 5.82 Å². The maximum absolute atomic E-state index is 12.5. The molecule has 0 fully saturated rings. The molecule has 0 atom stereocenters. The number of rotatable bonds is 1. The standard InChI is InChI=1S/C7H6ClFN2/c8-5-3-4(7(10)11)1-2-6(5)9/h1-3H,(H3,10,11)/p+1. The number of hydrogen-bond donors (Lipinski definition) is 2. The minimum absolute atomic E-state index is 0.0240. The third kappa shape index (κ3) is 1.68. The molecule has 1 rings (SSSR count). The maximum atomic E-state index is 12.5. The molecule has 0 radical (unpaired) electrons. The molecule has 0 amide bonds. The van der Waals surface area contributed by atoms with Crippen molar-refractivity contribution in [3.63, 3.8) is 0 Å². The summed E-state index contributed by atoms with van der Waals surface area (Å²) in [5.41, 5.74) is 5.78. The van der Waals surface area contributed by atoms with Crippen molar-refractivity contribution in [2.75, 3.05) is 0 Å². The van der Waals surface area contributed by atoms with Gasteiger partial charge in [0.05, 0.1) is 10.6 Å². The average Bonchev–Trinajstić information content (AvgIpc) is 1.94. The van der Waals surface area contributed by atoms with Crippen LogP contribution in [0.25, 0.3) is 0 Å². The summed E-state index contributed by atoms with van der Waals surface area (Å²) in [4.78, 5) is 0. The van der Waals surface area contributed by atoms with Crippen LogP contribution in [0.15, 0.2) is 18.2 Å². The fraction of sp³-hybridized carbons (Fsp3) is 0. The van der Waals surface area contributed by atoms with E-state index >= 15 is 0 Å². The zero-order valence-electron chi connectivity index (χ0n) is 5.64. The largest absolute Gasteiger partial charge is 0.287 e. The normalized spacial score (nSPS) is 9.64. The number of hydrogen-bond acceptors (Lipinski definition) is 0. The number of benzene rings is 1. The Hall–Kier alpha value is -1.09. The highest BCUT2D eigenvalue weighted by Crippen LogP contribution is 2.14. The molecule has 2 nitrogen and oxygen atoms in total. The topological polar surface area (TPSA) is 51.6 Å². The van der Waals surface area contributed by atoms with Crippen LogP contribution in [0.5, 0.6) is 0 Å². The lowest BCUT2D eigenvalue weighted by molar-refractivity contribution is -0.114. The zero-order chi connectivity index (χ0) is 8.43. The molecule has 0 aliphatic carbocycles. The second-order valence-electron chi connectivity index (χ2n) is 2.08. The van der Waals surface area contributed by atoms with Crippen molar-refractivity contribution < 1.29 is 9.80 Å². The molecule has 0 aliphatic heterocycles. The molecule has 4 N–H and O–H groups in total. The van der Waals surface area contributed by atoms with E-state index < -0.39 is 5.82 Å². The summed E-state index contributed by atoms with van der Waals surface area (Å²) < 4.78 is 12.5. The van der Waals surface area contributed by atoms with Gasteiger partial charge in [-0.1, -0.05) is 11.6 Å². The van der Waals surface area contributed by atoms with Crippen molar-refractivity contribution in [1.29, 1.82) is 0 Å². The van der Waals surface area contributed by atoms with E-state index in [1.807, 2.05) is 0 Å². The monoisotopic (exact) mass is 173 g/mol. The van der Waals surface area contributed by atoms with Crippen LogP contribution in [0.3, 0.4) is 0 Å². The highest BCUT2D eigenvalue weighted by molar-refractivity contribution is 6.31. The van der Waals surface area contributed by atoms with Crippen LogP contribution in [-0.2, 0) is 0 Å². The van der Waals surface area contributed by atoms with Crippen molar-refractivity contribution in [2.45, 2.75) is 0 Å². The van der Waals surface area contributed by atoms with Gasteiger partial charge in [0.2, 0.25) is 0 Å². The number of nitrogens with two attached hydrogens (primary N) is 2. The van der Waals surface area contributed by atoms with Crippen molar-refractivity contribution in [3.8, 4) is 0 Å². The Morgan fingerprint density at radius 3 is 2.64 bits per heavy atom. The first-order valence-corrected chi connectivity index (χ1v) is 3.32. The SMILES string of the molecule is NC(=[NH2+])c1ccc(F)c(Cl)c1. The lowest BCUT2D eigenvalue weighted by Crippen LogP contribution is -2.46. The van der Waals surface area contributed by atoms with E-state index in [1.165, 1.54) is 18.2 Å². The first-order valence-electron chi connectivity index (χ1n) is 2.94. The number of halogens is 2. The van der Waals surface area contributed by atoms with Gasteiger partial charge in [-0.2, -0.15) is 0 Å². The van der Waals surface area contributed by atoms with Crippen LogP contribution in [-0.4, -0.2) is 5.84 Å². The molecule has 1 aromatic rings. The van der Waals surface area contributed by atoms with Crippen molar-refractivity contribution in [1.82, 2.24) is 0 Å². The molecule has 0 aliphatic rings. The number of amidine groups is 1. The molecule has 58 valence electrons. The van der Waals surface area contributed by atoms with Crippen LogP contribution < -0.4 is 11.1 Å². The Kier molecular flexibility index (Phi) is 2.10. The van der Waals surface area contributed by atoms with Crippen molar-refractivity contribution in [2.24, 2.45) is 5.73 Å². The van der Waals surface area contributed by atoms with Crippen LogP contribution in [0.4, 0.5) is 4.39 Å². The molecule has 4 heteroatoms. The van der Waals surface area contributed by atoms with Crippen LogP contribution in [0.1, 0.15) is 5.56 Å². The molecule has 1 aromatic carbocycles. The van der Waals surface area contributed by atoms with Crippen molar-refractivity contribution >= 4 is 17.4 Å².